The molecule has 3 aliphatic heterocycles. The van der Waals surface area contributed by atoms with Gasteiger partial charge in [-0.2, -0.15) is 4.98 Å². The average molecular weight is 489 g/mol. The van der Waals surface area contributed by atoms with Crippen LogP contribution in [0, 0.1) is 11.8 Å². The molecule has 2 aliphatic carbocycles. The summed E-state index contributed by atoms with van der Waals surface area (Å²) in [5.41, 5.74) is 0.555. The summed E-state index contributed by atoms with van der Waals surface area (Å²) in [5.74, 6) is 4.20. The van der Waals surface area contributed by atoms with Crippen LogP contribution in [0.1, 0.15) is 56.0 Å². The minimum absolute atomic E-state index is 0.0599. The Labute approximate surface area is 201 Å². The smallest absolute Gasteiger partial charge is 0.227 e. The molecular weight excluding hydrogens is 460 g/mol. The third-order valence-electron chi connectivity index (χ3n) is 7.89. The predicted octanol–water partition coefficient (Wildman–Crippen LogP) is 2.93. The lowest BCUT2D eigenvalue weighted by Crippen LogP contribution is -2.55. The Hall–Kier alpha value is -1.84. The van der Waals surface area contributed by atoms with Gasteiger partial charge in [0, 0.05) is 37.2 Å². The molecule has 0 aromatic carbocycles. The molecule has 2 aromatic rings. The van der Waals surface area contributed by atoms with Crippen LogP contribution in [-0.2, 0) is 17.2 Å². The van der Waals surface area contributed by atoms with Crippen LogP contribution in [0.5, 0.6) is 0 Å². The second-order valence-electron chi connectivity index (χ2n) is 10.0. The van der Waals surface area contributed by atoms with Crippen molar-refractivity contribution in [3.63, 3.8) is 0 Å². The average Bonchev–Trinajstić information content (AvgIpc) is 2.99. The second-order valence-corrected chi connectivity index (χ2v) is 12.0. The van der Waals surface area contributed by atoms with Crippen LogP contribution in [0.4, 0.5) is 11.8 Å². The van der Waals surface area contributed by atoms with Gasteiger partial charge in [0.05, 0.1) is 33.7 Å². The van der Waals surface area contributed by atoms with Crippen LogP contribution < -0.4 is 10.2 Å². The number of hydrogen-bond acceptors (Lipinski definition) is 8. The molecule has 8 nitrogen and oxygen atoms in total. The maximum Gasteiger partial charge on any atom is 0.227 e. The maximum atomic E-state index is 13.1. The summed E-state index contributed by atoms with van der Waals surface area (Å²) in [4.78, 5) is 21.9. The topological polar surface area (TPSA) is 104 Å². The fourth-order valence-corrected chi connectivity index (χ4v) is 7.38. The number of nitrogens with one attached hydrogen (secondary N) is 1. The van der Waals surface area contributed by atoms with Crippen molar-refractivity contribution >= 4 is 34.2 Å². The van der Waals surface area contributed by atoms with Crippen LogP contribution in [0.15, 0.2) is 17.3 Å². The van der Waals surface area contributed by atoms with E-state index in [0.717, 1.165) is 68.0 Å². The first-order chi connectivity index (χ1) is 16.0. The molecule has 7 rings (SSSR count). The third kappa shape index (κ3) is 3.82. The number of piperidine rings is 2. The first kappa shape index (κ1) is 21.7. The van der Waals surface area contributed by atoms with Crippen LogP contribution in [-0.4, -0.2) is 60.2 Å². The van der Waals surface area contributed by atoms with Crippen molar-refractivity contribution in [3.8, 4) is 0 Å². The Kier molecular flexibility index (Phi) is 5.54. The summed E-state index contributed by atoms with van der Waals surface area (Å²) >= 11 is 5.97. The van der Waals surface area contributed by atoms with Gasteiger partial charge in [-0.3, -0.25) is 4.21 Å². The Morgan fingerprint density at radius 1 is 1.15 bits per heavy atom. The number of aromatic nitrogens is 4. The van der Waals surface area contributed by atoms with Gasteiger partial charge in [0.1, 0.15) is 16.5 Å². The lowest BCUT2D eigenvalue weighted by atomic mass is 9.61. The summed E-state index contributed by atoms with van der Waals surface area (Å²) in [6.45, 7) is 1.78. The van der Waals surface area contributed by atoms with Crippen molar-refractivity contribution in [2.75, 3.05) is 35.7 Å². The van der Waals surface area contributed by atoms with Crippen molar-refractivity contribution in [2.45, 2.75) is 61.3 Å². The Morgan fingerprint density at radius 2 is 1.91 bits per heavy atom. The second kappa shape index (κ2) is 8.43. The van der Waals surface area contributed by atoms with Gasteiger partial charge in [-0.1, -0.05) is 11.6 Å². The molecule has 176 valence electrons. The van der Waals surface area contributed by atoms with Gasteiger partial charge in [-0.25, -0.2) is 15.0 Å². The number of rotatable bonds is 5. The number of aliphatic hydroxyl groups is 1. The van der Waals surface area contributed by atoms with Gasteiger partial charge in [-0.15, -0.1) is 0 Å². The molecular formula is C23H29ClN6O2S. The van der Waals surface area contributed by atoms with E-state index in [0.29, 0.717) is 40.3 Å². The van der Waals surface area contributed by atoms with Crippen molar-refractivity contribution in [1.82, 2.24) is 19.9 Å². The van der Waals surface area contributed by atoms with E-state index in [1.807, 2.05) is 0 Å². The molecule has 5 aliphatic rings. The number of aryl methyl sites for hydroxylation is 1. The summed E-state index contributed by atoms with van der Waals surface area (Å²) in [5, 5.41) is 14.1. The van der Waals surface area contributed by atoms with E-state index in [2.05, 4.69) is 20.2 Å². The molecule has 0 radical (unpaired) electrons. The number of fused-ring (bicyclic) bond motifs is 3. The summed E-state index contributed by atoms with van der Waals surface area (Å²) < 4.78 is 13.1. The fourth-order valence-electron chi connectivity index (χ4n) is 5.89. The lowest BCUT2D eigenvalue weighted by molar-refractivity contribution is 0.104. The van der Waals surface area contributed by atoms with Crippen molar-refractivity contribution in [3.05, 3.63) is 28.9 Å². The quantitative estimate of drug-likeness (QED) is 0.662. The minimum Gasteiger partial charge on any atom is -0.394 e. The molecule has 3 atom stereocenters. The third-order valence-corrected chi connectivity index (χ3v) is 9.63. The molecule has 2 saturated heterocycles. The lowest BCUT2D eigenvalue weighted by Gasteiger charge is -2.52. The van der Waals surface area contributed by atoms with E-state index >= 15 is 0 Å². The highest BCUT2D eigenvalue weighted by molar-refractivity contribution is 7.85. The molecule has 4 fully saturated rings. The van der Waals surface area contributed by atoms with Gasteiger partial charge < -0.3 is 15.3 Å². The highest BCUT2D eigenvalue weighted by atomic mass is 35.5. The minimum atomic E-state index is -1.12. The van der Waals surface area contributed by atoms with E-state index < -0.39 is 10.8 Å². The highest BCUT2D eigenvalue weighted by Gasteiger charge is 2.49. The van der Waals surface area contributed by atoms with Crippen molar-refractivity contribution in [2.24, 2.45) is 11.8 Å². The van der Waals surface area contributed by atoms with E-state index in [1.165, 1.54) is 6.42 Å². The molecule has 5 heterocycles. The van der Waals surface area contributed by atoms with Crippen LogP contribution in [0.2, 0.25) is 5.02 Å². The largest absolute Gasteiger partial charge is 0.394 e. The molecule has 2 aromatic heterocycles. The first-order valence-corrected chi connectivity index (χ1v) is 13.7. The molecule has 3 unspecified atom stereocenters. The van der Waals surface area contributed by atoms with Crippen LogP contribution >= 0.6 is 11.6 Å². The van der Waals surface area contributed by atoms with E-state index in [4.69, 9.17) is 21.6 Å². The number of halogens is 1. The zero-order chi connectivity index (χ0) is 22.6. The van der Waals surface area contributed by atoms with Gasteiger partial charge in [0.15, 0.2) is 0 Å². The molecule has 2 N–H and O–H groups in total. The zero-order valence-electron chi connectivity index (χ0n) is 18.5. The summed E-state index contributed by atoms with van der Waals surface area (Å²) in [6, 6.07) is 0. The standard InChI is InChI=1S/C23H29ClN6O2S/c24-16-9-25-20(26-10-16)18-14-8-15(18)12-30(11-14)22-27-17-4-1-2-7-33(32)19(17)21(28-22)29-23(13-31)5-3-6-23/h9-10,14-15,18,31H,1-8,11-13H2,(H,27,28,29). The van der Waals surface area contributed by atoms with Crippen LogP contribution in [0.3, 0.4) is 0 Å². The van der Waals surface area contributed by atoms with E-state index in [-0.39, 0.29) is 12.1 Å². The molecule has 2 bridgehead atoms. The fraction of sp³-hybridized carbons (Fsp3) is 0.652. The molecule has 0 spiro atoms. The van der Waals surface area contributed by atoms with Gasteiger partial charge in [-0.05, 0) is 56.8 Å². The predicted molar refractivity (Wildman–Crippen MR) is 127 cm³/mol. The van der Waals surface area contributed by atoms with Crippen LogP contribution in [0.25, 0.3) is 0 Å². The van der Waals surface area contributed by atoms with E-state index in [1.54, 1.807) is 12.4 Å². The Morgan fingerprint density at radius 3 is 2.58 bits per heavy atom. The maximum absolute atomic E-state index is 13.1. The van der Waals surface area contributed by atoms with Crippen molar-refractivity contribution < 1.29 is 9.32 Å². The molecule has 33 heavy (non-hydrogen) atoms. The Bertz CT molecular complexity index is 1060. The number of aliphatic hydroxyl groups excluding tert-OH is 1. The molecule has 10 heteroatoms. The number of anilines is 2. The molecule has 0 amide bonds. The normalized spacial score (nSPS) is 29.9. The summed E-state index contributed by atoms with van der Waals surface area (Å²) in [6.07, 6.45) is 10.2. The van der Waals surface area contributed by atoms with Crippen molar-refractivity contribution in [1.29, 1.82) is 0 Å². The first-order valence-electron chi connectivity index (χ1n) is 12.0. The monoisotopic (exact) mass is 488 g/mol. The summed E-state index contributed by atoms with van der Waals surface area (Å²) in [7, 11) is -1.12. The SMILES string of the molecule is O=S1CCCCc2nc(N3CC4CC(C3)C4c3ncc(Cl)cn3)nc(NC3(CO)CCC3)c21. The molecule has 2 saturated carbocycles. The highest BCUT2D eigenvalue weighted by Crippen LogP contribution is 2.51. The Balaban J connectivity index is 1.30. The number of nitrogens with zero attached hydrogens (tertiary/aromatic N) is 5. The zero-order valence-corrected chi connectivity index (χ0v) is 20.1. The number of hydrogen-bond donors (Lipinski definition) is 2. The van der Waals surface area contributed by atoms with Gasteiger partial charge in [0.25, 0.3) is 0 Å². The van der Waals surface area contributed by atoms with E-state index in [9.17, 15) is 9.32 Å². The van der Waals surface area contributed by atoms with Gasteiger partial charge in [0.2, 0.25) is 5.95 Å². The van der Waals surface area contributed by atoms with Gasteiger partial charge >= 0.3 is 0 Å².